The summed E-state index contributed by atoms with van der Waals surface area (Å²) in [6, 6.07) is 0. The largest absolute Gasteiger partial charge is 0.394 e. The van der Waals surface area contributed by atoms with Crippen molar-refractivity contribution in [3.8, 4) is 0 Å². The third kappa shape index (κ3) is 94.9. The molecular formula is C70H142O28. The lowest BCUT2D eigenvalue weighted by Gasteiger charge is -2.09. The Balaban J connectivity index is 3.09. The van der Waals surface area contributed by atoms with Gasteiger partial charge >= 0.3 is 0 Å². The molecule has 0 saturated heterocycles. The lowest BCUT2D eigenvalue weighted by molar-refractivity contribution is -0.0323. The van der Waals surface area contributed by atoms with Crippen molar-refractivity contribution >= 4 is 0 Å². The summed E-state index contributed by atoms with van der Waals surface area (Å²) in [5.74, 6) is 0. The maximum absolute atomic E-state index is 8.62. The van der Waals surface area contributed by atoms with Crippen LogP contribution in [-0.2, 0) is 128 Å². The molecule has 0 aromatic carbocycles. The number of rotatable bonds is 95. The summed E-state index contributed by atoms with van der Waals surface area (Å²) in [7, 11) is 0. The quantitative estimate of drug-likeness (QED) is 0.0694. The lowest BCUT2D eigenvalue weighted by Crippen LogP contribution is -2.16. The second-order valence-corrected chi connectivity index (χ2v) is 21.9. The van der Waals surface area contributed by atoms with E-state index < -0.39 is 0 Å². The first-order valence-corrected chi connectivity index (χ1v) is 37.1. The van der Waals surface area contributed by atoms with E-state index in [1.165, 1.54) is 83.5 Å². The van der Waals surface area contributed by atoms with E-state index in [4.69, 9.17) is 133 Å². The van der Waals surface area contributed by atoms with Gasteiger partial charge in [0.2, 0.25) is 0 Å². The number of hydrogen-bond acceptors (Lipinski definition) is 28. The fourth-order valence-corrected chi connectivity index (χ4v) is 8.28. The zero-order valence-corrected chi connectivity index (χ0v) is 61.3. The van der Waals surface area contributed by atoms with Gasteiger partial charge < -0.3 is 133 Å². The minimum Gasteiger partial charge on any atom is -0.394 e. The number of aliphatic hydroxyl groups excluding tert-OH is 1. The molecule has 0 aromatic heterocycles. The zero-order chi connectivity index (χ0) is 69.9. The smallest absolute Gasteiger partial charge is 0.0701 e. The van der Waals surface area contributed by atoms with E-state index in [1.807, 2.05) is 0 Å². The molecular weight excluding hydrogens is 1290 g/mol. The lowest BCUT2D eigenvalue weighted by atomic mass is 10.0. The number of unbranched alkanes of at least 4 members (excludes halogenated alkanes) is 13. The van der Waals surface area contributed by atoms with Gasteiger partial charge in [-0.25, -0.2) is 0 Å². The molecule has 0 bridgehead atoms. The van der Waals surface area contributed by atoms with Crippen molar-refractivity contribution in [2.75, 3.05) is 363 Å². The molecule has 0 radical (unpaired) electrons. The first-order chi connectivity index (χ1) is 48.9. The molecule has 0 unspecified atom stereocenters. The Morgan fingerprint density at radius 3 is 0.316 bits per heavy atom. The first kappa shape index (κ1) is 96.9. The van der Waals surface area contributed by atoms with Gasteiger partial charge in [-0.2, -0.15) is 0 Å². The van der Waals surface area contributed by atoms with E-state index >= 15 is 0 Å². The molecule has 0 fully saturated rings. The van der Waals surface area contributed by atoms with Crippen LogP contribution in [0.5, 0.6) is 0 Å². The topological polar surface area (TPSA) is 269 Å². The molecule has 1 N–H and O–H groups in total. The highest BCUT2D eigenvalue weighted by Crippen LogP contribution is 2.13. The van der Waals surface area contributed by atoms with Crippen LogP contribution in [-0.4, -0.2) is 368 Å². The second-order valence-electron chi connectivity index (χ2n) is 21.9. The van der Waals surface area contributed by atoms with Crippen LogP contribution in [0.15, 0.2) is 0 Å². The van der Waals surface area contributed by atoms with Crippen LogP contribution in [0.2, 0.25) is 0 Å². The van der Waals surface area contributed by atoms with Gasteiger partial charge in [0.25, 0.3) is 0 Å². The standard InChI is InChI=1S/C70H142O28/c1-2-3-4-5-6-7-8-9-10-11-12-13-14-15-17-72-19-21-74-23-25-76-27-29-78-31-33-80-35-37-82-39-41-84-43-45-86-47-49-88-51-53-90-55-57-92-59-61-94-63-65-96-67-69-98-70-68-97-66-64-95-62-60-93-58-56-91-54-52-89-50-48-87-46-44-85-42-40-83-38-36-81-34-32-79-30-28-77-26-24-75-22-20-73-18-16-71/h71H,2-70H2,1H3. The summed E-state index contributed by atoms with van der Waals surface area (Å²) in [6.07, 6.45) is 19.2. The van der Waals surface area contributed by atoms with Gasteiger partial charge in [0.05, 0.1) is 357 Å². The molecule has 0 aliphatic carbocycles. The number of hydrogen-bond donors (Lipinski definition) is 1. The van der Waals surface area contributed by atoms with Gasteiger partial charge in [-0.1, -0.05) is 90.4 Å². The van der Waals surface area contributed by atoms with E-state index in [9.17, 15) is 0 Å². The molecule has 0 amide bonds. The third-order valence-corrected chi connectivity index (χ3v) is 13.6. The molecule has 0 aliphatic heterocycles. The van der Waals surface area contributed by atoms with Crippen molar-refractivity contribution in [2.24, 2.45) is 0 Å². The maximum atomic E-state index is 8.62. The highest BCUT2D eigenvalue weighted by Gasteiger charge is 2.03. The van der Waals surface area contributed by atoms with Crippen molar-refractivity contribution < 1.29 is 133 Å². The van der Waals surface area contributed by atoms with Crippen molar-refractivity contribution in [1.29, 1.82) is 0 Å². The Kier molecular flexibility index (Phi) is 94.8. The number of aliphatic hydroxyl groups is 1. The summed E-state index contributed by atoms with van der Waals surface area (Å²) >= 11 is 0. The normalized spacial score (nSPS) is 11.8. The molecule has 0 aromatic rings. The van der Waals surface area contributed by atoms with E-state index in [2.05, 4.69) is 6.92 Å². The van der Waals surface area contributed by atoms with E-state index in [1.54, 1.807) is 0 Å². The predicted octanol–water partition coefficient (Wildman–Crippen LogP) is 5.91. The molecule has 98 heavy (non-hydrogen) atoms. The Morgan fingerprint density at radius 1 is 0.112 bits per heavy atom. The monoisotopic (exact) mass is 1430 g/mol. The zero-order valence-electron chi connectivity index (χ0n) is 61.3. The van der Waals surface area contributed by atoms with Crippen LogP contribution in [0, 0.1) is 0 Å². The van der Waals surface area contributed by atoms with Crippen LogP contribution in [0.4, 0.5) is 0 Å². The maximum Gasteiger partial charge on any atom is 0.0701 e. The summed E-state index contributed by atoms with van der Waals surface area (Å²) in [5, 5.41) is 8.62. The van der Waals surface area contributed by atoms with E-state index in [0.29, 0.717) is 350 Å². The molecule has 0 heterocycles. The van der Waals surface area contributed by atoms with Gasteiger partial charge in [0.15, 0.2) is 0 Å². The summed E-state index contributed by atoms with van der Waals surface area (Å²) in [4.78, 5) is 0. The minimum atomic E-state index is 0.0175. The van der Waals surface area contributed by atoms with Crippen LogP contribution >= 0.6 is 0 Å². The van der Waals surface area contributed by atoms with Crippen LogP contribution in [0.1, 0.15) is 96.8 Å². The summed E-state index contributed by atoms with van der Waals surface area (Å²) < 4.78 is 149. The Morgan fingerprint density at radius 2 is 0.204 bits per heavy atom. The molecule has 0 atom stereocenters. The van der Waals surface area contributed by atoms with Gasteiger partial charge in [-0.3, -0.25) is 0 Å². The van der Waals surface area contributed by atoms with Gasteiger partial charge in [-0.15, -0.1) is 0 Å². The van der Waals surface area contributed by atoms with E-state index in [0.717, 1.165) is 13.0 Å². The summed E-state index contributed by atoms with van der Waals surface area (Å²) in [6.45, 7) is 29.3. The Labute approximate surface area is 591 Å². The fourth-order valence-electron chi connectivity index (χ4n) is 8.28. The van der Waals surface area contributed by atoms with Crippen LogP contribution in [0.3, 0.4) is 0 Å². The molecule has 590 valence electrons. The van der Waals surface area contributed by atoms with Gasteiger partial charge in [0.1, 0.15) is 0 Å². The average Bonchev–Trinajstić information content (AvgIpc) is 3.63. The third-order valence-electron chi connectivity index (χ3n) is 13.6. The molecule has 28 heteroatoms. The highest BCUT2D eigenvalue weighted by molar-refractivity contribution is 4.51. The fraction of sp³-hybridized carbons (Fsp3) is 1.00. The SMILES string of the molecule is CCCCCCCCCCCCCCCCOCCOCCOCCOCCOCCOCCOCCOCCOCCOCCOCCOCCOCCOCCOCCOCCOCCOCCOCCOCCOCCOCCOCCOCCOCCOCCOCCO. The van der Waals surface area contributed by atoms with Crippen molar-refractivity contribution in [3.05, 3.63) is 0 Å². The molecule has 28 nitrogen and oxygen atoms in total. The number of ether oxygens (including phenoxy) is 27. The van der Waals surface area contributed by atoms with Gasteiger partial charge in [-0.05, 0) is 6.42 Å². The Hall–Kier alpha value is -1.12. The van der Waals surface area contributed by atoms with Crippen LogP contribution in [0.25, 0.3) is 0 Å². The second kappa shape index (κ2) is 95.9. The van der Waals surface area contributed by atoms with E-state index in [-0.39, 0.29) is 6.61 Å². The predicted molar refractivity (Wildman–Crippen MR) is 370 cm³/mol. The average molecular weight is 1430 g/mol. The van der Waals surface area contributed by atoms with Crippen molar-refractivity contribution in [3.63, 3.8) is 0 Å². The van der Waals surface area contributed by atoms with Crippen molar-refractivity contribution in [2.45, 2.75) is 96.8 Å². The summed E-state index contributed by atoms with van der Waals surface area (Å²) in [5.41, 5.74) is 0. The first-order valence-electron chi connectivity index (χ1n) is 37.1. The minimum absolute atomic E-state index is 0.0175. The molecule has 0 saturated carbocycles. The molecule has 0 aliphatic rings. The highest BCUT2D eigenvalue weighted by atomic mass is 16.6. The molecule has 0 spiro atoms. The van der Waals surface area contributed by atoms with Gasteiger partial charge in [0, 0.05) is 6.61 Å². The van der Waals surface area contributed by atoms with Crippen LogP contribution < -0.4 is 0 Å². The van der Waals surface area contributed by atoms with Crippen molar-refractivity contribution in [1.82, 2.24) is 0 Å². The Bertz CT molecular complexity index is 1250. The molecule has 0 rings (SSSR count).